The van der Waals surface area contributed by atoms with E-state index in [1.54, 1.807) is 31.5 Å². The molecule has 0 spiro atoms. The van der Waals surface area contributed by atoms with Crippen LogP contribution >= 0.6 is 0 Å². The van der Waals surface area contributed by atoms with E-state index in [2.05, 4.69) is 25.6 Å². The average molecular weight is 327 g/mol. The highest BCUT2D eigenvalue weighted by Gasteiger charge is 2.33. The molecule has 0 fully saturated rings. The summed E-state index contributed by atoms with van der Waals surface area (Å²) < 4.78 is 38.8. The summed E-state index contributed by atoms with van der Waals surface area (Å²) in [6.45, 7) is 1.63. The van der Waals surface area contributed by atoms with Crippen LogP contribution in [0.3, 0.4) is 0 Å². The van der Waals surface area contributed by atoms with Gasteiger partial charge in [0, 0.05) is 31.0 Å². The van der Waals surface area contributed by atoms with E-state index >= 15 is 0 Å². The fourth-order valence-corrected chi connectivity index (χ4v) is 1.71. The number of aromatic nitrogens is 3. The highest BCUT2D eigenvalue weighted by molar-refractivity contribution is 5.44. The fraction of sp³-hybridized carbons (Fsp3) is 0.357. The van der Waals surface area contributed by atoms with Crippen LogP contribution in [0.2, 0.25) is 0 Å². The molecule has 0 aliphatic carbocycles. The van der Waals surface area contributed by atoms with Crippen molar-refractivity contribution in [2.24, 2.45) is 0 Å². The Bertz CT molecular complexity index is 636. The van der Waals surface area contributed by atoms with Crippen molar-refractivity contribution in [1.29, 1.82) is 0 Å². The van der Waals surface area contributed by atoms with Crippen LogP contribution in [-0.2, 0) is 12.7 Å². The Hall–Kier alpha value is -2.42. The summed E-state index contributed by atoms with van der Waals surface area (Å²) in [6.07, 6.45) is -1.38. The first kappa shape index (κ1) is 16.9. The van der Waals surface area contributed by atoms with Gasteiger partial charge < -0.3 is 15.7 Å². The lowest BCUT2D eigenvalue weighted by Crippen LogP contribution is -2.22. The van der Waals surface area contributed by atoms with Crippen LogP contribution < -0.4 is 10.6 Å². The predicted molar refractivity (Wildman–Crippen MR) is 78.8 cm³/mol. The van der Waals surface area contributed by atoms with E-state index in [-0.39, 0.29) is 24.9 Å². The van der Waals surface area contributed by atoms with Gasteiger partial charge in [0.05, 0.1) is 6.61 Å². The van der Waals surface area contributed by atoms with E-state index in [0.29, 0.717) is 0 Å². The van der Waals surface area contributed by atoms with Crippen LogP contribution in [0.1, 0.15) is 18.2 Å². The number of aliphatic hydroxyl groups is 1. The van der Waals surface area contributed by atoms with Crippen molar-refractivity contribution in [2.45, 2.75) is 25.7 Å². The third kappa shape index (κ3) is 5.06. The predicted octanol–water partition coefficient (Wildman–Crippen LogP) is 2.30. The molecule has 0 bridgehead atoms. The number of aliphatic hydroxyl groups excluding tert-OH is 1. The quantitative estimate of drug-likeness (QED) is 0.755. The third-order valence-corrected chi connectivity index (χ3v) is 2.86. The number of hydrogen-bond acceptors (Lipinski definition) is 6. The largest absolute Gasteiger partial charge is 0.433 e. The molecule has 6 nitrogen and oxygen atoms in total. The zero-order chi connectivity index (χ0) is 16.9. The van der Waals surface area contributed by atoms with Crippen molar-refractivity contribution in [2.75, 3.05) is 17.2 Å². The minimum absolute atomic E-state index is 0.0313. The first-order valence-corrected chi connectivity index (χ1v) is 6.85. The van der Waals surface area contributed by atoms with E-state index < -0.39 is 17.9 Å². The maximum absolute atomic E-state index is 12.9. The molecule has 0 aliphatic heterocycles. The van der Waals surface area contributed by atoms with Crippen molar-refractivity contribution in [1.82, 2.24) is 15.0 Å². The van der Waals surface area contributed by atoms with Gasteiger partial charge in [-0.3, -0.25) is 4.98 Å². The number of nitrogens with zero attached hydrogens (tertiary/aromatic N) is 3. The Morgan fingerprint density at radius 3 is 2.70 bits per heavy atom. The van der Waals surface area contributed by atoms with Gasteiger partial charge in [0.1, 0.15) is 5.82 Å². The second-order valence-corrected chi connectivity index (χ2v) is 4.90. The molecule has 2 aromatic heterocycles. The molecule has 3 N–H and O–H groups in total. The first-order valence-electron chi connectivity index (χ1n) is 6.85. The summed E-state index contributed by atoms with van der Waals surface area (Å²) in [6, 6.07) is 3.89. The summed E-state index contributed by atoms with van der Waals surface area (Å²) in [5.41, 5.74) is -0.258. The summed E-state index contributed by atoms with van der Waals surface area (Å²) >= 11 is 0. The van der Waals surface area contributed by atoms with Crippen molar-refractivity contribution in [3.05, 3.63) is 41.9 Å². The molecule has 2 heterocycles. The lowest BCUT2D eigenvalue weighted by atomic mass is 10.3. The van der Waals surface area contributed by atoms with Gasteiger partial charge in [-0.15, -0.1) is 0 Å². The van der Waals surface area contributed by atoms with Crippen LogP contribution in [0, 0.1) is 0 Å². The lowest BCUT2D eigenvalue weighted by molar-refractivity contribution is -0.141. The second kappa shape index (κ2) is 7.23. The van der Waals surface area contributed by atoms with Crippen LogP contribution in [0.15, 0.2) is 30.6 Å². The number of alkyl halides is 3. The number of halogens is 3. The van der Waals surface area contributed by atoms with Gasteiger partial charge in [-0.05, 0) is 18.6 Å². The topological polar surface area (TPSA) is 83.0 Å². The Kier molecular flexibility index (Phi) is 5.32. The van der Waals surface area contributed by atoms with Crippen molar-refractivity contribution in [3.8, 4) is 0 Å². The second-order valence-electron chi connectivity index (χ2n) is 4.90. The molecule has 1 atom stereocenters. The van der Waals surface area contributed by atoms with Crippen LogP contribution in [0.4, 0.5) is 24.9 Å². The number of rotatable bonds is 6. The Labute approximate surface area is 130 Å². The highest BCUT2D eigenvalue weighted by Crippen LogP contribution is 2.29. The molecule has 9 heteroatoms. The molecule has 2 aromatic rings. The molecule has 0 aromatic carbocycles. The van der Waals surface area contributed by atoms with Gasteiger partial charge in [0.15, 0.2) is 5.69 Å². The molecule has 0 amide bonds. The fourth-order valence-electron chi connectivity index (χ4n) is 1.71. The minimum Gasteiger partial charge on any atom is -0.394 e. The third-order valence-electron chi connectivity index (χ3n) is 2.86. The summed E-state index contributed by atoms with van der Waals surface area (Å²) in [5.74, 6) is -0.168. The van der Waals surface area contributed by atoms with Crippen LogP contribution in [-0.4, -0.2) is 32.7 Å². The van der Waals surface area contributed by atoms with Gasteiger partial charge in [-0.2, -0.15) is 18.2 Å². The SMILES string of the molecule is C[C@@H](CO)Nc1nc(NCc2cccnc2)cc(C(F)(F)F)n1. The molecule has 0 aliphatic rings. The van der Waals surface area contributed by atoms with Gasteiger partial charge in [0.2, 0.25) is 5.95 Å². The summed E-state index contributed by atoms with van der Waals surface area (Å²) in [7, 11) is 0. The van der Waals surface area contributed by atoms with E-state index in [1.807, 2.05) is 0 Å². The standard InChI is InChI=1S/C14H16F3N5O/c1-9(8-23)20-13-21-11(14(15,16)17)5-12(22-13)19-7-10-3-2-4-18-6-10/h2-6,9,23H,7-8H2,1H3,(H2,19,20,21,22)/t9-/m0/s1. The van der Waals surface area contributed by atoms with E-state index in [9.17, 15) is 13.2 Å². The zero-order valence-corrected chi connectivity index (χ0v) is 12.3. The van der Waals surface area contributed by atoms with Crippen molar-refractivity contribution >= 4 is 11.8 Å². The lowest BCUT2D eigenvalue weighted by Gasteiger charge is -2.15. The Morgan fingerprint density at radius 2 is 2.09 bits per heavy atom. The minimum atomic E-state index is -4.59. The highest BCUT2D eigenvalue weighted by atomic mass is 19.4. The number of hydrogen-bond donors (Lipinski definition) is 3. The average Bonchev–Trinajstić information content (AvgIpc) is 2.53. The summed E-state index contributed by atoms with van der Waals surface area (Å²) in [5, 5.41) is 14.4. The molecular weight excluding hydrogens is 311 g/mol. The zero-order valence-electron chi connectivity index (χ0n) is 12.3. The summed E-state index contributed by atoms with van der Waals surface area (Å²) in [4.78, 5) is 11.4. The smallest absolute Gasteiger partial charge is 0.394 e. The molecule has 0 unspecified atom stereocenters. The molecule has 2 rings (SSSR count). The van der Waals surface area contributed by atoms with Crippen molar-refractivity contribution in [3.63, 3.8) is 0 Å². The van der Waals surface area contributed by atoms with Gasteiger partial charge >= 0.3 is 6.18 Å². The van der Waals surface area contributed by atoms with E-state index in [0.717, 1.165) is 11.6 Å². The Morgan fingerprint density at radius 1 is 1.30 bits per heavy atom. The van der Waals surface area contributed by atoms with E-state index in [1.165, 1.54) is 0 Å². The molecular formula is C14H16F3N5O. The monoisotopic (exact) mass is 327 g/mol. The Balaban J connectivity index is 2.21. The van der Waals surface area contributed by atoms with Gasteiger partial charge in [-0.1, -0.05) is 6.07 Å². The van der Waals surface area contributed by atoms with Crippen LogP contribution in [0.25, 0.3) is 0 Å². The molecule has 124 valence electrons. The molecule has 0 saturated heterocycles. The van der Waals surface area contributed by atoms with Gasteiger partial charge in [0.25, 0.3) is 0 Å². The van der Waals surface area contributed by atoms with E-state index in [4.69, 9.17) is 5.11 Å². The van der Waals surface area contributed by atoms with Gasteiger partial charge in [-0.25, -0.2) is 4.98 Å². The first-order chi connectivity index (χ1) is 10.9. The van der Waals surface area contributed by atoms with Crippen LogP contribution in [0.5, 0.6) is 0 Å². The number of nitrogens with one attached hydrogen (secondary N) is 2. The maximum Gasteiger partial charge on any atom is 0.433 e. The molecule has 23 heavy (non-hydrogen) atoms. The molecule has 0 saturated carbocycles. The van der Waals surface area contributed by atoms with Crippen molar-refractivity contribution < 1.29 is 18.3 Å². The number of anilines is 2. The number of pyridine rings is 1. The normalized spacial score (nSPS) is 12.7. The molecule has 0 radical (unpaired) electrons. The maximum atomic E-state index is 12.9.